The highest BCUT2D eigenvalue weighted by Crippen LogP contribution is 2.24. The molecule has 0 spiro atoms. The van der Waals surface area contributed by atoms with Gasteiger partial charge in [0.05, 0.1) is 12.3 Å². The van der Waals surface area contributed by atoms with Crippen LogP contribution in [0.25, 0.3) is 6.08 Å². The van der Waals surface area contributed by atoms with Gasteiger partial charge in [0.25, 0.3) is 11.8 Å². The molecule has 0 unspecified atom stereocenters. The number of hydrogen-bond donors (Lipinski definition) is 1. The van der Waals surface area contributed by atoms with Gasteiger partial charge in [-0.2, -0.15) is 0 Å². The molecule has 1 aliphatic heterocycles. The number of imide groups is 2. The average Bonchev–Trinajstić information content (AvgIpc) is 2.67. The number of amides is 4. The molecule has 0 bridgehead atoms. The van der Waals surface area contributed by atoms with Crippen LogP contribution in [0.1, 0.15) is 12.5 Å². The molecule has 1 aromatic heterocycles. The number of urea groups is 1. The van der Waals surface area contributed by atoms with Crippen LogP contribution in [-0.2, 0) is 9.59 Å². The van der Waals surface area contributed by atoms with Crippen LogP contribution in [0.2, 0.25) is 0 Å². The fourth-order valence-corrected chi connectivity index (χ4v) is 2.55. The molecule has 144 valence electrons. The van der Waals surface area contributed by atoms with Gasteiger partial charge in [-0.1, -0.05) is 0 Å². The Morgan fingerprint density at radius 2 is 1.75 bits per heavy atom. The van der Waals surface area contributed by atoms with Gasteiger partial charge in [0.2, 0.25) is 5.95 Å². The van der Waals surface area contributed by atoms with Gasteiger partial charge in [-0.3, -0.25) is 14.9 Å². The molecule has 0 aliphatic carbocycles. The molecule has 0 saturated carbocycles. The maximum atomic E-state index is 12.8. The van der Waals surface area contributed by atoms with Gasteiger partial charge < -0.3 is 9.64 Å². The zero-order chi connectivity index (χ0) is 20.3. The summed E-state index contributed by atoms with van der Waals surface area (Å²) in [7, 11) is 3.60. The first-order valence-electron chi connectivity index (χ1n) is 8.54. The minimum atomic E-state index is -0.810. The molecule has 28 heavy (non-hydrogen) atoms. The topological polar surface area (TPSA) is 105 Å². The van der Waals surface area contributed by atoms with Gasteiger partial charge in [0, 0.05) is 32.1 Å². The van der Waals surface area contributed by atoms with Crippen molar-refractivity contribution in [3.05, 3.63) is 47.8 Å². The normalized spacial score (nSPS) is 15.6. The second kappa shape index (κ2) is 7.87. The summed E-state index contributed by atoms with van der Waals surface area (Å²) < 4.78 is 5.36. The predicted molar refractivity (Wildman–Crippen MR) is 103 cm³/mol. The molecule has 4 amide bonds. The van der Waals surface area contributed by atoms with E-state index in [0.29, 0.717) is 29.6 Å². The molecule has 1 N–H and O–H groups in total. The zero-order valence-corrected chi connectivity index (χ0v) is 15.7. The van der Waals surface area contributed by atoms with E-state index in [1.54, 1.807) is 43.3 Å². The van der Waals surface area contributed by atoms with Gasteiger partial charge in [-0.05, 0) is 37.3 Å². The minimum absolute atomic E-state index is 0.185. The summed E-state index contributed by atoms with van der Waals surface area (Å²) in [5.74, 6) is -0.391. The third-order valence-corrected chi connectivity index (χ3v) is 3.88. The summed E-state index contributed by atoms with van der Waals surface area (Å²) in [5.41, 5.74) is 0.600. The molecule has 3 rings (SSSR count). The Balaban J connectivity index is 1.91. The van der Waals surface area contributed by atoms with Crippen molar-refractivity contribution in [2.24, 2.45) is 0 Å². The second-order valence-corrected chi connectivity index (χ2v) is 6.10. The lowest BCUT2D eigenvalue weighted by atomic mass is 10.1. The number of benzene rings is 1. The van der Waals surface area contributed by atoms with Gasteiger partial charge in [-0.15, -0.1) is 0 Å². The third-order valence-electron chi connectivity index (χ3n) is 3.88. The number of barbiturate groups is 1. The van der Waals surface area contributed by atoms with Crippen LogP contribution in [0.15, 0.2) is 42.2 Å². The highest BCUT2D eigenvalue weighted by Gasteiger charge is 2.36. The number of carbonyl (C=O) groups is 3. The highest BCUT2D eigenvalue weighted by molar-refractivity contribution is 6.39. The van der Waals surface area contributed by atoms with E-state index in [2.05, 4.69) is 15.3 Å². The Morgan fingerprint density at radius 3 is 2.32 bits per heavy atom. The first-order chi connectivity index (χ1) is 13.4. The molecular formula is C19H19N5O4. The summed E-state index contributed by atoms with van der Waals surface area (Å²) in [6, 6.07) is 5.63. The SMILES string of the molecule is CCOc1ccc(N2C(=O)NC(=O)/C(=C/c3cnc(N(C)C)nc3)C2=O)cc1. The second-order valence-electron chi connectivity index (χ2n) is 6.10. The molecule has 0 radical (unpaired) electrons. The maximum absolute atomic E-state index is 12.8. The summed E-state index contributed by atoms with van der Waals surface area (Å²) in [6.07, 6.45) is 4.34. The molecule has 1 aliphatic rings. The Hall–Kier alpha value is -3.75. The molecule has 1 aromatic carbocycles. The largest absolute Gasteiger partial charge is 0.494 e. The van der Waals surface area contributed by atoms with Crippen molar-refractivity contribution in [3.8, 4) is 5.75 Å². The minimum Gasteiger partial charge on any atom is -0.494 e. The fourth-order valence-electron chi connectivity index (χ4n) is 2.55. The number of carbonyl (C=O) groups excluding carboxylic acids is 3. The third kappa shape index (κ3) is 3.83. The Bertz CT molecular complexity index is 936. The molecule has 2 heterocycles. The van der Waals surface area contributed by atoms with Crippen LogP contribution < -0.4 is 19.9 Å². The van der Waals surface area contributed by atoms with Gasteiger partial charge >= 0.3 is 6.03 Å². The van der Waals surface area contributed by atoms with E-state index in [0.717, 1.165) is 4.90 Å². The summed E-state index contributed by atoms with van der Waals surface area (Å²) >= 11 is 0. The zero-order valence-electron chi connectivity index (χ0n) is 15.7. The standard InChI is InChI=1S/C19H19N5O4/c1-4-28-14-7-5-13(6-8-14)24-17(26)15(16(25)22-19(24)27)9-12-10-20-18(21-11-12)23(2)3/h5-11H,4H2,1-3H3,(H,22,25,27)/b15-9-. The Morgan fingerprint density at radius 1 is 1.11 bits per heavy atom. The number of ether oxygens (including phenoxy) is 1. The van der Waals surface area contributed by atoms with Gasteiger partial charge in [0.1, 0.15) is 11.3 Å². The molecule has 0 atom stereocenters. The van der Waals surface area contributed by atoms with E-state index >= 15 is 0 Å². The van der Waals surface area contributed by atoms with E-state index in [4.69, 9.17) is 4.74 Å². The van der Waals surface area contributed by atoms with E-state index in [-0.39, 0.29) is 5.57 Å². The van der Waals surface area contributed by atoms with Crippen LogP contribution >= 0.6 is 0 Å². The maximum Gasteiger partial charge on any atom is 0.335 e. The van der Waals surface area contributed by atoms with Crippen LogP contribution in [0.4, 0.5) is 16.4 Å². The summed E-state index contributed by atoms with van der Waals surface area (Å²) in [5, 5.41) is 2.18. The van der Waals surface area contributed by atoms with E-state index in [1.165, 1.54) is 18.5 Å². The number of nitrogens with zero attached hydrogens (tertiary/aromatic N) is 4. The number of aromatic nitrogens is 2. The fraction of sp³-hybridized carbons (Fsp3) is 0.211. The predicted octanol–water partition coefficient (Wildman–Crippen LogP) is 1.61. The number of rotatable bonds is 5. The molecule has 1 fully saturated rings. The smallest absolute Gasteiger partial charge is 0.335 e. The quantitative estimate of drug-likeness (QED) is 0.620. The molecule has 1 saturated heterocycles. The molecule has 9 nitrogen and oxygen atoms in total. The number of anilines is 2. The molecule has 9 heteroatoms. The lowest BCUT2D eigenvalue weighted by Gasteiger charge is -2.26. The van der Waals surface area contributed by atoms with Crippen molar-refractivity contribution < 1.29 is 19.1 Å². The van der Waals surface area contributed by atoms with Crippen LogP contribution in [0.5, 0.6) is 5.75 Å². The summed E-state index contributed by atoms with van der Waals surface area (Å²) in [4.78, 5) is 48.2. The first-order valence-corrected chi connectivity index (χ1v) is 8.54. The van der Waals surface area contributed by atoms with Crippen LogP contribution in [0, 0.1) is 0 Å². The number of nitrogens with one attached hydrogen (secondary N) is 1. The Kier molecular flexibility index (Phi) is 5.35. The number of hydrogen-bond acceptors (Lipinski definition) is 7. The summed E-state index contributed by atoms with van der Waals surface area (Å²) in [6.45, 7) is 2.35. The van der Waals surface area contributed by atoms with E-state index in [9.17, 15) is 14.4 Å². The van der Waals surface area contributed by atoms with Gasteiger partial charge in [0.15, 0.2) is 0 Å². The van der Waals surface area contributed by atoms with Gasteiger partial charge in [-0.25, -0.2) is 19.7 Å². The van der Waals surface area contributed by atoms with E-state index < -0.39 is 17.8 Å². The first kappa shape index (κ1) is 19.0. The van der Waals surface area contributed by atoms with Crippen molar-refractivity contribution >= 4 is 35.6 Å². The van der Waals surface area contributed by atoms with Crippen molar-refractivity contribution in [1.29, 1.82) is 0 Å². The lowest BCUT2D eigenvalue weighted by Crippen LogP contribution is -2.54. The molecular weight excluding hydrogens is 362 g/mol. The van der Waals surface area contributed by atoms with Crippen LogP contribution in [0.3, 0.4) is 0 Å². The van der Waals surface area contributed by atoms with Crippen molar-refractivity contribution in [2.45, 2.75) is 6.92 Å². The lowest BCUT2D eigenvalue weighted by molar-refractivity contribution is -0.122. The van der Waals surface area contributed by atoms with Crippen LogP contribution in [-0.4, -0.2) is 48.5 Å². The van der Waals surface area contributed by atoms with Crippen molar-refractivity contribution in [2.75, 3.05) is 30.5 Å². The highest BCUT2D eigenvalue weighted by atomic mass is 16.5. The van der Waals surface area contributed by atoms with E-state index in [1.807, 2.05) is 6.92 Å². The Labute approximate surface area is 161 Å². The monoisotopic (exact) mass is 381 g/mol. The van der Waals surface area contributed by atoms with Crippen molar-refractivity contribution in [3.63, 3.8) is 0 Å². The average molecular weight is 381 g/mol. The molecule has 2 aromatic rings. The van der Waals surface area contributed by atoms with Crippen molar-refractivity contribution in [1.82, 2.24) is 15.3 Å².